The Morgan fingerprint density at radius 2 is 2.20 bits per heavy atom. The lowest BCUT2D eigenvalue weighted by molar-refractivity contribution is 0.0492. The Balaban J connectivity index is 2.95. The highest BCUT2D eigenvalue weighted by molar-refractivity contribution is 6.33. The summed E-state index contributed by atoms with van der Waals surface area (Å²) in [6.07, 6.45) is 0.641. The van der Waals surface area contributed by atoms with E-state index >= 15 is 0 Å². The van der Waals surface area contributed by atoms with E-state index in [0.717, 1.165) is 5.56 Å². The molecule has 1 aromatic rings. The monoisotopic (exact) mass is 231 g/mol. The fraction of sp³-hybridized carbons (Fsp3) is 0.400. The number of halogens is 1. The predicted molar refractivity (Wildman–Crippen MR) is 58.4 cm³/mol. The van der Waals surface area contributed by atoms with E-state index in [2.05, 4.69) is 0 Å². The lowest BCUT2D eigenvalue weighted by Crippen LogP contribution is -2.05. The van der Waals surface area contributed by atoms with Crippen LogP contribution in [0.25, 0.3) is 0 Å². The summed E-state index contributed by atoms with van der Waals surface area (Å²) in [6, 6.07) is 3.26. The van der Waals surface area contributed by atoms with Gasteiger partial charge in [-0.15, -0.1) is 0 Å². The van der Waals surface area contributed by atoms with Crippen LogP contribution in [0.2, 0.25) is 5.02 Å². The van der Waals surface area contributed by atoms with Crippen LogP contribution in [0.4, 0.5) is 0 Å². The molecule has 3 N–H and O–H groups in total. The first-order valence-electron chi connectivity index (χ1n) is 4.52. The Bertz CT molecular complexity index is 331. The van der Waals surface area contributed by atoms with Gasteiger partial charge in [-0.05, 0) is 24.6 Å². The molecule has 0 aliphatic rings. The molecule has 4 nitrogen and oxygen atoms in total. The number of phenols is 1. The highest BCUT2D eigenvalue weighted by Crippen LogP contribution is 2.36. The number of hydrogen-bond acceptors (Lipinski definition) is 4. The molecule has 0 fully saturated rings. The van der Waals surface area contributed by atoms with Gasteiger partial charge in [-0.1, -0.05) is 17.7 Å². The second-order valence-corrected chi connectivity index (χ2v) is 3.35. The van der Waals surface area contributed by atoms with Gasteiger partial charge in [0.05, 0.1) is 5.02 Å². The Morgan fingerprint density at radius 1 is 1.47 bits per heavy atom. The maximum absolute atomic E-state index is 9.51. The number of methoxy groups -OCH3 is 1. The zero-order valence-corrected chi connectivity index (χ0v) is 9.25. The minimum atomic E-state index is -0.00202. The lowest BCUT2D eigenvalue weighted by atomic mass is 10.1. The minimum absolute atomic E-state index is 0.00202. The highest BCUT2D eigenvalue weighted by atomic mass is 35.5. The van der Waals surface area contributed by atoms with Crippen molar-refractivity contribution in [2.24, 2.45) is 5.73 Å². The number of rotatable bonds is 5. The van der Waals surface area contributed by atoms with Crippen LogP contribution in [0.3, 0.4) is 0 Å². The van der Waals surface area contributed by atoms with Gasteiger partial charge >= 0.3 is 0 Å². The van der Waals surface area contributed by atoms with Crippen molar-refractivity contribution in [2.45, 2.75) is 6.42 Å². The van der Waals surface area contributed by atoms with E-state index in [-0.39, 0.29) is 18.3 Å². The van der Waals surface area contributed by atoms with E-state index < -0.39 is 0 Å². The van der Waals surface area contributed by atoms with Gasteiger partial charge in [0.1, 0.15) is 0 Å². The van der Waals surface area contributed by atoms with Crippen LogP contribution in [0, 0.1) is 0 Å². The van der Waals surface area contributed by atoms with Gasteiger partial charge in [0, 0.05) is 7.11 Å². The van der Waals surface area contributed by atoms with Gasteiger partial charge < -0.3 is 20.3 Å². The fourth-order valence-electron chi connectivity index (χ4n) is 1.19. The third-order valence-electron chi connectivity index (χ3n) is 1.89. The first-order chi connectivity index (χ1) is 7.20. The molecule has 0 aromatic heterocycles. The van der Waals surface area contributed by atoms with E-state index in [1.165, 1.54) is 13.2 Å². The molecule has 0 saturated carbocycles. The van der Waals surface area contributed by atoms with Crippen LogP contribution < -0.4 is 10.5 Å². The van der Waals surface area contributed by atoms with Crippen LogP contribution in [-0.4, -0.2) is 25.6 Å². The van der Waals surface area contributed by atoms with Gasteiger partial charge in [-0.2, -0.15) is 0 Å². The molecule has 0 atom stereocenters. The largest absolute Gasteiger partial charge is 0.504 e. The number of aromatic hydroxyl groups is 1. The van der Waals surface area contributed by atoms with Crippen LogP contribution >= 0.6 is 11.6 Å². The molecule has 0 amide bonds. The second kappa shape index (κ2) is 5.80. The molecule has 1 rings (SSSR count). The summed E-state index contributed by atoms with van der Waals surface area (Å²) in [5.41, 5.74) is 6.28. The van der Waals surface area contributed by atoms with Gasteiger partial charge in [0.25, 0.3) is 0 Å². The first kappa shape index (κ1) is 12.1. The highest BCUT2D eigenvalue weighted by Gasteiger charge is 2.12. The van der Waals surface area contributed by atoms with Crippen molar-refractivity contribution in [2.75, 3.05) is 20.4 Å². The van der Waals surface area contributed by atoms with Crippen LogP contribution in [0.15, 0.2) is 12.1 Å². The second-order valence-electron chi connectivity index (χ2n) is 2.98. The molecule has 0 saturated heterocycles. The molecular formula is C10H14ClNO3. The minimum Gasteiger partial charge on any atom is -0.504 e. The summed E-state index contributed by atoms with van der Waals surface area (Å²) in [6.45, 7) is 0.535. The SMILES string of the molecule is COCOc1c(O)ccc(CCN)c1Cl. The van der Waals surface area contributed by atoms with E-state index in [1.807, 2.05) is 0 Å². The van der Waals surface area contributed by atoms with E-state index in [9.17, 15) is 5.11 Å². The average Bonchev–Trinajstić information content (AvgIpc) is 2.22. The van der Waals surface area contributed by atoms with Gasteiger partial charge in [0.15, 0.2) is 18.3 Å². The van der Waals surface area contributed by atoms with Crippen molar-refractivity contribution in [3.8, 4) is 11.5 Å². The zero-order chi connectivity index (χ0) is 11.3. The molecule has 5 heteroatoms. The van der Waals surface area contributed by atoms with Crippen molar-refractivity contribution in [1.29, 1.82) is 0 Å². The summed E-state index contributed by atoms with van der Waals surface area (Å²) < 4.78 is 9.90. The van der Waals surface area contributed by atoms with E-state index in [1.54, 1.807) is 6.07 Å². The Morgan fingerprint density at radius 3 is 2.80 bits per heavy atom. The summed E-state index contributed by atoms with van der Waals surface area (Å²) >= 11 is 6.03. The van der Waals surface area contributed by atoms with Crippen molar-refractivity contribution >= 4 is 11.6 Å². The Labute approximate surface area is 93.6 Å². The zero-order valence-electron chi connectivity index (χ0n) is 8.50. The van der Waals surface area contributed by atoms with E-state index in [0.29, 0.717) is 18.0 Å². The predicted octanol–water partition coefficient (Wildman–Crippen LogP) is 1.53. The molecule has 0 bridgehead atoms. The number of phenolic OH excluding ortho intramolecular Hbond substituents is 1. The molecule has 0 heterocycles. The number of nitrogens with two attached hydrogens (primary N) is 1. The molecule has 0 radical (unpaired) electrons. The molecular weight excluding hydrogens is 218 g/mol. The third-order valence-corrected chi connectivity index (χ3v) is 2.31. The summed E-state index contributed by atoms with van der Waals surface area (Å²) in [5.74, 6) is 0.238. The quantitative estimate of drug-likeness (QED) is 0.755. The summed E-state index contributed by atoms with van der Waals surface area (Å²) in [7, 11) is 1.49. The molecule has 0 aliphatic heterocycles. The number of hydrogen-bond donors (Lipinski definition) is 2. The first-order valence-corrected chi connectivity index (χ1v) is 4.90. The van der Waals surface area contributed by atoms with Crippen molar-refractivity contribution < 1.29 is 14.6 Å². The van der Waals surface area contributed by atoms with Gasteiger partial charge in [-0.3, -0.25) is 0 Å². The molecule has 0 spiro atoms. The number of ether oxygens (including phenoxy) is 2. The molecule has 0 unspecified atom stereocenters. The van der Waals surface area contributed by atoms with Crippen LogP contribution in [0.1, 0.15) is 5.56 Å². The normalized spacial score (nSPS) is 10.3. The van der Waals surface area contributed by atoms with Gasteiger partial charge in [-0.25, -0.2) is 0 Å². The molecule has 0 aliphatic carbocycles. The van der Waals surface area contributed by atoms with Crippen molar-refractivity contribution in [3.05, 3.63) is 22.7 Å². The van der Waals surface area contributed by atoms with E-state index in [4.69, 9.17) is 26.8 Å². The van der Waals surface area contributed by atoms with Crippen molar-refractivity contribution in [1.82, 2.24) is 0 Å². The lowest BCUT2D eigenvalue weighted by Gasteiger charge is -2.11. The summed E-state index contributed by atoms with van der Waals surface area (Å²) in [5, 5.41) is 9.90. The maximum atomic E-state index is 9.51. The average molecular weight is 232 g/mol. The topological polar surface area (TPSA) is 64.7 Å². The number of benzene rings is 1. The smallest absolute Gasteiger partial charge is 0.188 e. The molecule has 15 heavy (non-hydrogen) atoms. The van der Waals surface area contributed by atoms with Gasteiger partial charge in [0.2, 0.25) is 0 Å². The maximum Gasteiger partial charge on any atom is 0.188 e. The Kier molecular flexibility index (Phi) is 4.68. The van der Waals surface area contributed by atoms with Crippen molar-refractivity contribution in [3.63, 3.8) is 0 Å². The third kappa shape index (κ3) is 2.99. The fourth-order valence-corrected chi connectivity index (χ4v) is 1.50. The standard InChI is InChI=1S/C10H14ClNO3/c1-14-6-15-10-8(13)3-2-7(4-5-12)9(10)11/h2-3,13H,4-6,12H2,1H3. The molecule has 1 aromatic carbocycles. The van der Waals surface area contributed by atoms with Crippen LogP contribution in [0.5, 0.6) is 11.5 Å². The molecule has 84 valence electrons. The Hall–Kier alpha value is -0.970. The summed E-state index contributed by atoms with van der Waals surface area (Å²) in [4.78, 5) is 0. The van der Waals surface area contributed by atoms with Crippen LogP contribution in [-0.2, 0) is 11.2 Å².